The molecule has 0 aromatic heterocycles. The van der Waals surface area contributed by atoms with Crippen molar-refractivity contribution in [3.8, 4) is 5.75 Å². The van der Waals surface area contributed by atoms with Gasteiger partial charge in [0.2, 0.25) is 0 Å². The van der Waals surface area contributed by atoms with Crippen molar-refractivity contribution in [2.45, 2.75) is 18.9 Å². The molecule has 1 aliphatic rings. The maximum absolute atomic E-state index is 8.89. The van der Waals surface area contributed by atoms with Crippen LogP contribution in [0.15, 0.2) is 24.3 Å². The van der Waals surface area contributed by atoms with Crippen LogP contribution in [0, 0.1) is 5.92 Å². The van der Waals surface area contributed by atoms with E-state index in [1.807, 2.05) is 18.2 Å². The zero-order valence-electron chi connectivity index (χ0n) is 8.73. The second kappa shape index (κ2) is 4.64. The van der Waals surface area contributed by atoms with E-state index >= 15 is 0 Å². The molecule has 2 atom stereocenters. The molecule has 0 bridgehead atoms. The summed E-state index contributed by atoms with van der Waals surface area (Å²) in [5, 5.41) is 8.89. The van der Waals surface area contributed by atoms with Crippen LogP contribution in [0.25, 0.3) is 0 Å². The fourth-order valence-corrected chi connectivity index (χ4v) is 2.04. The number of fused-ring (bicyclic) bond motifs is 1. The Bertz CT molecular complexity index is 327. The van der Waals surface area contributed by atoms with Gasteiger partial charge in [0.15, 0.2) is 0 Å². The first kappa shape index (κ1) is 10.5. The van der Waals surface area contributed by atoms with E-state index in [2.05, 4.69) is 6.07 Å². The van der Waals surface area contributed by atoms with Crippen molar-refractivity contribution in [2.24, 2.45) is 11.7 Å². The third-order valence-corrected chi connectivity index (χ3v) is 2.83. The van der Waals surface area contributed by atoms with Gasteiger partial charge in [0, 0.05) is 6.04 Å². The van der Waals surface area contributed by atoms with Crippen molar-refractivity contribution in [1.82, 2.24) is 0 Å². The van der Waals surface area contributed by atoms with Gasteiger partial charge in [-0.25, -0.2) is 0 Å². The number of aliphatic hydroxyl groups is 1. The molecule has 0 saturated heterocycles. The lowest BCUT2D eigenvalue weighted by atomic mass is 9.91. The first-order valence-electron chi connectivity index (χ1n) is 5.36. The number of ether oxygens (including phenoxy) is 1. The molecule has 1 aromatic rings. The summed E-state index contributed by atoms with van der Waals surface area (Å²) in [6.07, 6.45) is 1.83. The van der Waals surface area contributed by atoms with Crippen molar-refractivity contribution < 1.29 is 9.84 Å². The zero-order valence-corrected chi connectivity index (χ0v) is 8.73. The van der Waals surface area contributed by atoms with E-state index < -0.39 is 0 Å². The largest absolute Gasteiger partial charge is 0.493 e. The first-order valence-corrected chi connectivity index (χ1v) is 5.36. The molecule has 3 nitrogen and oxygen atoms in total. The summed E-state index contributed by atoms with van der Waals surface area (Å²) in [6.45, 7) is 0.767. The third-order valence-electron chi connectivity index (χ3n) is 2.83. The van der Waals surface area contributed by atoms with Gasteiger partial charge in [-0.05, 0) is 30.4 Å². The van der Waals surface area contributed by atoms with E-state index in [4.69, 9.17) is 15.6 Å². The number of aliphatic hydroxyl groups excluding tert-OH is 1. The van der Waals surface area contributed by atoms with Crippen LogP contribution in [-0.2, 0) is 6.42 Å². The van der Waals surface area contributed by atoms with Crippen LogP contribution in [0.3, 0.4) is 0 Å². The molecule has 2 rings (SSSR count). The minimum atomic E-state index is -0.121. The van der Waals surface area contributed by atoms with Gasteiger partial charge in [0.1, 0.15) is 5.75 Å². The van der Waals surface area contributed by atoms with Crippen molar-refractivity contribution in [3.05, 3.63) is 29.8 Å². The number of rotatable bonds is 3. The predicted molar refractivity (Wildman–Crippen MR) is 58.8 cm³/mol. The lowest BCUT2D eigenvalue weighted by molar-refractivity contribution is 0.185. The smallest absolute Gasteiger partial charge is 0.122 e. The maximum atomic E-state index is 8.89. The fraction of sp³-hybridized carbons (Fsp3) is 0.500. The molecule has 82 valence electrons. The van der Waals surface area contributed by atoms with E-state index in [9.17, 15) is 0 Å². The Labute approximate surface area is 89.9 Å². The summed E-state index contributed by atoms with van der Waals surface area (Å²) in [4.78, 5) is 0. The second-order valence-electron chi connectivity index (χ2n) is 4.17. The van der Waals surface area contributed by atoms with Gasteiger partial charge in [-0.15, -0.1) is 0 Å². The Kier molecular flexibility index (Phi) is 3.23. The summed E-state index contributed by atoms with van der Waals surface area (Å²) in [7, 11) is 0. The van der Waals surface area contributed by atoms with E-state index in [1.165, 1.54) is 5.56 Å². The lowest BCUT2D eigenvalue weighted by Crippen LogP contribution is -2.32. The highest BCUT2D eigenvalue weighted by Crippen LogP contribution is 2.28. The molecule has 0 radical (unpaired) electrons. The summed E-state index contributed by atoms with van der Waals surface area (Å²) < 4.78 is 5.64. The van der Waals surface area contributed by atoms with Crippen LogP contribution < -0.4 is 10.5 Å². The van der Waals surface area contributed by atoms with Crippen molar-refractivity contribution >= 4 is 0 Å². The van der Waals surface area contributed by atoms with Gasteiger partial charge < -0.3 is 15.6 Å². The molecule has 3 N–H and O–H groups in total. The number of hydrogen-bond acceptors (Lipinski definition) is 3. The molecule has 0 spiro atoms. The Balaban J connectivity index is 1.99. The topological polar surface area (TPSA) is 55.5 Å². The fourth-order valence-electron chi connectivity index (χ4n) is 2.04. The average molecular weight is 207 g/mol. The van der Waals surface area contributed by atoms with Gasteiger partial charge in [0.25, 0.3) is 0 Å². The van der Waals surface area contributed by atoms with E-state index in [-0.39, 0.29) is 12.6 Å². The zero-order chi connectivity index (χ0) is 10.7. The maximum Gasteiger partial charge on any atom is 0.122 e. The van der Waals surface area contributed by atoms with Crippen molar-refractivity contribution in [1.29, 1.82) is 0 Å². The predicted octanol–water partition coefficient (Wildman–Crippen LogP) is 0.947. The number of para-hydroxylation sites is 1. The number of benzene rings is 1. The van der Waals surface area contributed by atoms with Crippen LogP contribution in [-0.4, -0.2) is 24.4 Å². The standard InChI is InChI=1S/C12H17NO2/c13-11(7-14)6-9-5-10-3-1-2-4-12(10)15-8-9/h1-4,9,11,14H,5-8,13H2. The molecule has 0 fully saturated rings. The van der Waals surface area contributed by atoms with Crippen LogP contribution >= 0.6 is 0 Å². The molecule has 0 aliphatic carbocycles. The molecular formula is C12H17NO2. The lowest BCUT2D eigenvalue weighted by Gasteiger charge is -2.26. The molecule has 3 heteroatoms. The second-order valence-corrected chi connectivity index (χ2v) is 4.17. The summed E-state index contributed by atoms with van der Waals surface area (Å²) in [6, 6.07) is 7.97. The SMILES string of the molecule is NC(CO)CC1COc2ccccc2C1. The third kappa shape index (κ3) is 2.49. The molecule has 1 aromatic carbocycles. The molecule has 15 heavy (non-hydrogen) atoms. The van der Waals surface area contributed by atoms with E-state index in [1.54, 1.807) is 0 Å². The summed E-state index contributed by atoms with van der Waals surface area (Å²) >= 11 is 0. The summed E-state index contributed by atoms with van der Waals surface area (Å²) in [5.74, 6) is 1.42. The van der Waals surface area contributed by atoms with Crippen LogP contribution in [0.1, 0.15) is 12.0 Å². The molecule has 1 heterocycles. The molecule has 0 saturated carbocycles. The quantitative estimate of drug-likeness (QED) is 0.775. The van der Waals surface area contributed by atoms with Gasteiger partial charge in [0.05, 0.1) is 13.2 Å². The molecular weight excluding hydrogens is 190 g/mol. The Morgan fingerprint density at radius 3 is 3.07 bits per heavy atom. The normalized spacial score (nSPS) is 21.6. The van der Waals surface area contributed by atoms with E-state index in [0.29, 0.717) is 12.5 Å². The Hall–Kier alpha value is -1.06. The van der Waals surface area contributed by atoms with Gasteiger partial charge >= 0.3 is 0 Å². The molecule has 0 amide bonds. The summed E-state index contributed by atoms with van der Waals surface area (Å²) in [5.41, 5.74) is 6.97. The highest BCUT2D eigenvalue weighted by molar-refractivity contribution is 5.35. The van der Waals surface area contributed by atoms with E-state index in [0.717, 1.165) is 18.6 Å². The first-order chi connectivity index (χ1) is 7.29. The highest BCUT2D eigenvalue weighted by atomic mass is 16.5. The molecule has 2 unspecified atom stereocenters. The highest BCUT2D eigenvalue weighted by Gasteiger charge is 2.21. The minimum Gasteiger partial charge on any atom is -0.493 e. The van der Waals surface area contributed by atoms with Gasteiger partial charge in [-0.1, -0.05) is 18.2 Å². The monoisotopic (exact) mass is 207 g/mol. The average Bonchev–Trinajstić information content (AvgIpc) is 2.29. The number of nitrogens with two attached hydrogens (primary N) is 1. The van der Waals surface area contributed by atoms with Gasteiger partial charge in [-0.3, -0.25) is 0 Å². The van der Waals surface area contributed by atoms with Crippen molar-refractivity contribution in [2.75, 3.05) is 13.2 Å². The number of hydrogen-bond donors (Lipinski definition) is 2. The Morgan fingerprint density at radius 1 is 1.47 bits per heavy atom. The van der Waals surface area contributed by atoms with Gasteiger partial charge in [-0.2, -0.15) is 0 Å². The van der Waals surface area contributed by atoms with Crippen LogP contribution in [0.2, 0.25) is 0 Å². The molecule has 1 aliphatic heterocycles. The Morgan fingerprint density at radius 2 is 2.27 bits per heavy atom. The van der Waals surface area contributed by atoms with Crippen molar-refractivity contribution in [3.63, 3.8) is 0 Å². The minimum absolute atomic E-state index is 0.0537. The van der Waals surface area contributed by atoms with Crippen LogP contribution in [0.5, 0.6) is 5.75 Å². The van der Waals surface area contributed by atoms with Crippen LogP contribution in [0.4, 0.5) is 0 Å².